The van der Waals surface area contributed by atoms with E-state index in [9.17, 15) is 18.0 Å². The molecular formula is C14H17F3N2O. The number of anilines is 1. The summed E-state index contributed by atoms with van der Waals surface area (Å²) in [4.78, 5) is 13.6. The molecule has 1 aliphatic heterocycles. The molecule has 0 fully saturated rings. The van der Waals surface area contributed by atoms with Gasteiger partial charge < -0.3 is 5.32 Å². The standard InChI is InChI=1S/C14H17F3N2O/c1-9(2)19-7-10-4-3-5-12(11(10)8-19)18-13(20)6-14(15,16)17/h3-5,9H,6-8H2,1-2H3,(H,18,20). The Bertz CT molecular complexity index is 512. The summed E-state index contributed by atoms with van der Waals surface area (Å²) >= 11 is 0. The molecule has 0 saturated heterocycles. The number of fused-ring (bicyclic) bond motifs is 1. The lowest BCUT2D eigenvalue weighted by Crippen LogP contribution is -2.25. The lowest BCUT2D eigenvalue weighted by molar-refractivity contribution is -0.150. The number of alkyl halides is 3. The molecule has 0 bridgehead atoms. The molecule has 0 radical (unpaired) electrons. The van der Waals surface area contributed by atoms with Gasteiger partial charge in [0.25, 0.3) is 0 Å². The summed E-state index contributed by atoms with van der Waals surface area (Å²) in [5.74, 6) is -1.02. The average molecular weight is 286 g/mol. The van der Waals surface area contributed by atoms with Gasteiger partial charge in [0.2, 0.25) is 5.91 Å². The topological polar surface area (TPSA) is 32.3 Å². The molecule has 0 saturated carbocycles. The number of nitrogens with one attached hydrogen (secondary N) is 1. The first kappa shape index (κ1) is 14.8. The average Bonchev–Trinajstić information content (AvgIpc) is 2.71. The number of benzene rings is 1. The molecule has 1 heterocycles. The van der Waals surface area contributed by atoms with Crippen LogP contribution in [0.25, 0.3) is 0 Å². The second kappa shape index (κ2) is 5.44. The van der Waals surface area contributed by atoms with E-state index < -0.39 is 18.5 Å². The van der Waals surface area contributed by atoms with Crippen LogP contribution in [0.1, 0.15) is 31.4 Å². The number of carbonyl (C=O) groups is 1. The minimum absolute atomic E-state index is 0.348. The van der Waals surface area contributed by atoms with Crippen molar-refractivity contribution in [3.8, 4) is 0 Å². The molecule has 0 aromatic heterocycles. The van der Waals surface area contributed by atoms with Crippen LogP contribution in [0.4, 0.5) is 18.9 Å². The summed E-state index contributed by atoms with van der Waals surface area (Å²) < 4.78 is 36.5. The van der Waals surface area contributed by atoms with Crippen LogP contribution < -0.4 is 5.32 Å². The number of hydrogen-bond acceptors (Lipinski definition) is 2. The van der Waals surface area contributed by atoms with E-state index in [1.807, 2.05) is 6.07 Å². The molecule has 1 N–H and O–H groups in total. The molecule has 0 atom stereocenters. The Balaban J connectivity index is 2.12. The van der Waals surface area contributed by atoms with Crippen molar-refractivity contribution in [2.75, 3.05) is 5.32 Å². The van der Waals surface area contributed by atoms with Crippen LogP contribution in [0.3, 0.4) is 0 Å². The molecule has 110 valence electrons. The van der Waals surface area contributed by atoms with Crippen molar-refractivity contribution in [2.24, 2.45) is 0 Å². The largest absolute Gasteiger partial charge is 0.397 e. The SMILES string of the molecule is CC(C)N1Cc2cccc(NC(=O)CC(F)(F)F)c2C1. The number of halogens is 3. The predicted molar refractivity (Wildman–Crippen MR) is 70.1 cm³/mol. The smallest absolute Gasteiger partial charge is 0.325 e. The molecule has 1 aromatic carbocycles. The molecule has 0 spiro atoms. The van der Waals surface area contributed by atoms with Gasteiger partial charge in [-0.2, -0.15) is 13.2 Å². The fourth-order valence-electron chi connectivity index (χ4n) is 2.31. The molecule has 0 aliphatic carbocycles. The Kier molecular flexibility index (Phi) is 4.04. The van der Waals surface area contributed by atoms with Crippen molar-refractivity contribution in [3.63, 3.8) is 0 Å². The van der Waals surface area contributed by atoms with E-state index in [1.54, 1.807) is 12.1 Å². The van der Waals surface area contributed by atoms with Crippen LogP contribution >= 0.6 is 0 Å². The van der Waals surface area contributed by atoms with Gasteiger partial charge in [-0.25, -0.2) is 0 Å². The van der Waals surface area contributed by atoms with Crippen LogP contribution in [-0.4, -0.2) is 23.0 Å². The molecule has 1 aliphatic rings. The Hall–Kier alpha value is -1.56. The van der Waals surface area contributed by atoms with Crippen molar-refractivity contribution in [3.05, 3.63) is 29.3 Å². The fraction of sp³-hybridized carbons (Fsp3) is 0.500. The first-order chi connectivity index (χ1) is 9.26. The van der Waals surface area contributed by atoms with Gasteiger partial charge in [0.15, 0.2) is 0 Å². The Morgan fingerprint density at radius 1 is 1.35 bits per heavy atom. The Morgan fingerprint density at radius 2 is 2.05 bits per heavy atom. The van der Waals surface area contributed by atoms with Gasteiger partial charge >= 0.3 is 6.18 Å². The third kappa shape index (κ3) is 3.50. The second-order valence-corrected chi connectivity index (χ2v) is 5.28. The highest BCUT2D eigenvalue weighted by Gasteiger charge is 2.32. The summed E-state index contributed by atoms with van der Waals surface area (Å²) in [5.41, 5.74) is 2.46. The van der Waals surface area contributed by atoms with Crippen molar-refractivity contribution in [1.29, 1.82) is 0 Å². The van der Waals surface area contributed by atoms with Gasteiger partial charge in [-0.1, -0.05) is 12.1 Å². The van der Waals surface area contributed by atoms with Crippen molar-refractivity contribution < 1.29 is 18.0 Å². The lowest BCUT2D eigenvalue weighted by atomic mass is 10.1. The summed E-state index contributed by atoms with van der Waals surface area (Å²) in [6.07, 6.45) is -5.93. The van der Waals surface area contributed by atoms with E-state index in [0.717, 1.165) is 17.7 Å². The van der Waals surface area contributed by atoms with E-state index in [0.29, 0.717) is 18.3 Å². The minimum atomic E-state index is -4.48. The van der Waals surface area contributed by atoms with E-state index in [-0.39, 0.29) is 0 Å². The van der Waals surface area contributed by atoms with E-state index >= 15 is 0 Å². The Labute approximate surface area is 115 Å². The maximum atomic E-state index is 12.2. The van der Waals surface area contributed by atoms with Gasteiger partial charge in [0, 0.05) is 24.8 Å². The molecule has 3 nitrogen and oxygen atoms in total. The van der Waals surface area contributed by atoms with Crippen LogP contribution in [0.5, 0.6) is 0 Å². The van der Waals surface area contributed by atoms with E-state index in [4.69, 9.17) is 0 Å². The van der Waals surface area contributed by atoms with Crippen molar-refractivity contribution >= 4 is 11.6 Å². The zero-order chi connectivity index (χ0) is 14.9. The van der Waals surface area contributed by atoms with Gasteiger partial charge in [-0.15, -0.1) is 0 Å². The number of hydrogen-bond donors (Lipinski definition) is 1. The highest BCUT2D eigenvalue weighted by Crippen LogP contribution is 2.31. The van der Waals surface area contributed by atoms with Gasteiger partial charge in [-0.05, 0) is 31.0 Å². The maximum absolute atomic E-state index is 12.2. The van der Waals surface area contributed by atoms with Gasteiger partial charge in [0.05, 0.1) is 0 Å². The second-order valence-electron chi connectivity index (χ2n) is 5.28. The normalized spacial score (nSPS) is 15.5. The molecule has 1 aromatic rings. The number of rotatable bonds is 3. The predicted octanol–water partition coefficient (Wildman–Crippen LogP) is 3.30. The van der Waals surface area contributed by atoms with Crippen molar-refractivity contribution in [2.45, 2.75) is 45.6 Å². The zero-order valence-corrected chi connectivity index (χ0v) is 11.4. The molecule has 1 amide bonds. The summed E-state index contributed by atoms with van der Waals surface area (Å²) in [6.45, 7) is 5.53. The molecule has 2 rings (SSSR count). The number of nitrogens with zero attached hydrogens (tertiary/aromatic N) is 1. The maximum Gasteiger partial charge on any atom is 0.397 e. The summed E-state index contributed by atoms with van der Waals surface area (Å²) in [5, 5.41) is 2.37. The molecule has 0 unspecified atom stereocenters. The van der Waals surface area contributed by atoms with Crippen molar-refractivity contribution in [1.82, 2.24) is 4.90 Å². The molecular weight excluding hydrogens is 269 g/mol. The first-order valence-corrected chi connectivity index (χ1v) is 6.47. The monoisotopic (exact) mass is 286 g/mol. The van der Waals surface area contributed by atoms with E-state index in [2.05, 4.69) is 24.1 Å². The summed E-state index contributed by atoms with van der Waals surface area (Å²) in [6, 6.07) is 5.70. The third-order valence-corrected chi connectivity index (χ3v) is 3.37. The first-order valence-electron chi connectivity index (χ1n) is 6.47. The van der Waals surface area contributed by atoms with Crippen LogP contribution in [0.2, 0.25) is 0 Å². The van der Waals surface area contributed by atoms with Gasteiger partial charge in [0.1, 0.15) is 6.42 Å². The van der Waals surface area contributed by atoms with Crippen LogP contribution in [0.15, 0.2) is 18.2 Å². The van der Waals surface area contributed by atoms with Gasteiger partial charge in [-0.3, -0.25) is 9.69 Å². The minimum Gasteiger partial charge on any atom is -0.325 e. The number of amides is 1. The third-order valence-electron chi connectivity index (χ3n) is 3.37. The fourth-order valence-corrected chi connectivity index (χ4v) is 2.31. The summed E-state index contributed by atoms with van der Waals surface area (Å²) in [7, 11) is 0. The number of carbonyl (C=O) groups excluding carboxylic acids is 1. The Morgan fingerprint density at radius 3 is 2.65 bits per heavy atom. The highest BCUT2D eigenvalue weighted by atomic mass is 19.4. The molecule has 20 heavy (non-hydrogen) atoms. The van der Waals surface area contributed by atoms with E-state index in [1.165, 1.54) is 0 Å². The quantitative estimate of drug-likeness (QED) is 0.924. The van der Waals surface area contributed by atoms with Crippen LogP contribution in [-0.2, 0) is 17.9 Å². The molecule has 6 heteroatoms. The lowest BCUT2D eigenvalue weighted by Gasteiger charge is -2.19. The zero-order valence-electron chi connectivity index (χ0n) is 11.4. The highest BCUT2D eigenvalue weighted by molar-refractivity contribution is 5.92. The van der Waals surface area contributed by atoms with Crippen LogP contribution in [0, 0.1) is 0 Å².